The Kier molecular flexibility index (Phi) is 5.17. The molecular formula is C11H10F11N2+. The molecule has 0 fully saturated rings. The fourth-order valence-electron chi connectivity index (χ4n) is 1.82. The van der Waals surface area contributed by atoms with Crippen molar-refractivity contribution in [3.63, 3.8) is 0 Å². The first kappa shape index (κ1) is 20.5. The summed E-state index contributed by atoms with van der Waals surface area (Å²) < 4.78 is 143. The summed E-state index contributed by atoms with van der Waals surface area (Å²) in [6.45, 7) is -1.87. The van der Waals surface area contributed by atoms with Gasteiger partial charge in [-0.05, 0) is 0 Å². The molecule has 0 radical (unpaired) electrons. The highest BCUT2D eigenvalue weighted by atomic mass is 19.4. The SMILES string of the molecule is C[n+]1ccn(CC(C(F)(F)F)C(F)(F)C(F)(F)C(F)(F)C(F)F)c1. The Hall–Kier alpha value is -1.56. The highest BCUT2D eigenvalue weighted by molar-refractivity contribution is 5.02. The summed E-state index contributed by atoms with van der Waals surface area (Å²) in [4.78, 5) is 0. The first-order valence-corrected chi connectivity index (χ1v) is 6.04. The first-order valence-electron chi connectivity index (χ1n) is 6.04. The predicted octanol–water partition coefficient (Wildman–Crippen LogP) is 3.66. The van der Waals surface area contributed by atoms with Gasteiger partial charge in [-0.1, -0.05) is 0 Å². The maximum atomic E-state index is 13.6. The average Bonchev–Trinajstić information content (AvgIpc) is 2.79. The minimum absolute atomic E-state index is 0.392. The van der Waals surface area contributed by atoms with Gasteiger partial charge in [0.2, 0.25) is 6.33 Å². The first-order chi connectivity index (χ1) is 10.5. The lowest BCUT2D eigenvalue weighted by atomic mass is 9.91. The zero-order chi connectivity index (χ0) is 19.1. The summed E-state index contributed by atoms with van der Waals surface area (Å²) in [5, 5.41) is 0. The molecule has 2 nitrogen and oxygen atoms in total. The van der Waals surface area contributed by atoms with E-state index in [0.29, 0.717) is 4.57 Å². The molecule has 0 aliphatic rings. The average molecular weight is 379 g/mol. The Labute approximate surface area is 127 Å². The zero-order valence-corrected chi connectivity index (χ0v) is 11.6. The van der Waals surface area contributed by atoms with E-state index in [4.69, 9.17) is 0 Å². The van der Waals surface area contributed by atoms with Gasteiger partial charge in [-0.2, -0.15) is 39.5 Å². The normalized spacial score (nSPS) is 15.9. The third kappa shape index (κ3) is 3.43. The molecular weight excluding hydrogens is 369 g/mol. The highest BCUT2D eigenvalue weighted by Gasteiger charge is 2.80. The highest BCUT2D eigenvalue weighted by Crippen LogP contribution is 2.54. The van der Waals surface area contributed by atoms with Gasteiger partial charge in [-0.15, -0.1) is 0 Å². The van der Waals surface area contributed by atoms with Crippen LogP contribution in [0.15, 0.2) is 18.7 Å². The third-order valence-corrected chi connectivity index (χ3v) is 3.16. The number of imidazole rings is 1. The van der Waals surface area contributed by atoms with E-state index in [-0.39, 0.29) is 0 Å². The standard InChI is InChI=1S/C11H10F11N2/c1-23-2-3-24(5-23)4-6(10(18,19)20)8(14,15)11(21,22)9(16,17)7(12)13/h2-3,5-7H,4H2,1H3/q+1. The van der Waals surface area contributed by atoms with Gasteiger partial charge >= 0.3 is 30.4 Å². The second-order valence-corrected chi connectivity index (χ2v) is 4.99. The van der Waals surface area contributed by atoms with E-state index in [2.05, 4.69) is 0 Å². The number of hydrogen-bond donors (Lipinski definition) is 0. The van der Waals surface area contributed by atoms with Crippen LogP contribution >= 0.6 is 0 Å². The minimum Gasteiger partial charge on any atom is -0.240 e. The summed E-state index contributed by atoms with van der Waals surface area (Å²) in [5.74, 6) is -24.4. The van der Waals surface area contributed by atoms with Crippen molar-refractivity contribution in [1.29, 1.82) is 0 Å². The lowest BCUT2D eigenvalue weighted by Crippen LogP contribution is -2.63. The molecule has 1 atom stereocenters. The number of halogens is 11. The molecule has 0 bridgehead atoms. The van der Waals surface area contributed by atoms with Crippen LogP contribution in [0.3, 0.4) is 0 Å². The molecule has 0 N–H and O–H groups in total. The summed E-state index contributed by atoms with van der Waals surface area (Å²) >= 11 is 0. The van der Waals surface area contributed by atoms with E-state index in [1.807, 2.05) is 0 Å². The summed E-state index contributed by atoms with van der Waals surface area (Å²) in [6.07, 6.45) is -8.70. The zero-order valence-electron chi connectivity index (χ0n) is 11.6. The number of nitrogens with zero attached hydrogens (tertiary/aromatic N) is 2. The lowest BCUT2D eigenvalue weighted by molar-refractivity contribution is -0.671. The van der Waals surface area contributed by atoms with Crippen molar-refractivity contribution in [3.8, 4) is 0 Å². The monoisotopic (exact) mass is 379 g/mol. The molecule has 0 aliphatic carbocycles. The topological polar surface area (TPSA) is 8.81 Å². The molecule has 0 aliphatic heterocycles. The van der Waals surface area contributed by atoms with Gasteiger partial charge in [0.25, 0.3) is 0 Å². The van der Waals surface area contributed by atoms with Crippen molar-refractivity contribution in [3.05, 3.63) is 18.7 Å². The van der Waals surface area contributed by atoms with E-state index in [0.717, 1.165) is 23.3 Å². The molecule has 0 spiro atoms. The van der Waals surface area contributed by atoms with E-state index in [1.54, 1.807) is 0 Å². The Morgan fingerprint density at radius 3 is 1.75 bits per heavy atom. The van der Waals surface area contributed by atoms with E-state index >= 15 is 0 Å². The van der Waals surface area contributed by atoms with Crippen LogP contribution in [0.5, 0.6) is 0 Å². The summed E-state index contributed by atoms with van der Waals surface area (Å²) in [5.41, 5.74) is 0. The van der Waals surface area contributed by atoms with Gasteiger partial charge in [0.1, 0.15) is 18.9 Å². The predicted molar refractivity (Wildman–Crippen MR) is 56.0 cm³/mol. The van der Waals surface area contributed by atoms with Gasteiger partial charge in [0.05, 0.1) is 7.05 Å². The van der Waals surface area contributed by atoms with Crippen molar-refractivity contribution in [1.82, 2.24) is 4.57 Å². The van der Waals surface area contributed by atoms with Crippen LogP contribution in [-0.2, 0) is 13.6 Å². The molecule has 1 aromatic heterocycles. The second kappa shape index (κ2) is 6.06. The van der Waals surface area contributed by atoms with Crippen molar-refractivity contribution >= 4 is 0 Å². The van der Waals surface area contributed by atoms with Crippen molar-refractivity contribution in [2.24, 2.45) is 13.0 Å². The van der Waals surface area contributed by atoms with Crippen molar-refractivity contribution < 1.29 is 52.9 Å². The molecule has 0 saturated carbocycles. The van der Waals surface area contributed by atoms with Crippen LogP contribution in [0.2, 0.25) is 0 Å². The molecule has 0 amide bonds. The van der Waals surface area contributed by atoms with Crippen LogP contribution in [0.25, 0.3) is 0 Å². The number of rotatable bonds is 6. The number of aromatic nitrogens is 2. The number of alkyl halides is 11. The smallest absolute Gasteiger partial charge is 0.240 e. The van der Waals surface area contributed by atoms with E-state index in [9.17, 15) is 48.3 Å². The van der Waals surface area contributed by atoms with Gasteiger partial charge in [-0.3, -0.25) is 0 Å². The molecule has 1 rings (SSSR count). The molecule has 0 saturated heterocycles. The molecule has 140 valence electrons. The molecule has 1 heterocycles. The largest absolute Gasteiger partial charge is 0.401 e. The molecule has 24 heavy (non-hydrogen) atoms. The van der Waals surface area contributed by atoms with Crippen molar-refractivity contribution in [2.75, 3.05) is 0 Å². The van der Waals surface area contributed by atoms with Crippen LogP contribution in [0.1, 0.15) is 0 Å². The Balaban J connectivity index is 3.34. The third-order valence-electron chi connectivity index (χ3n) is 3.16. The lowest BCUT2D eigenvalue weighted by Gasteiger charge is -2.36. The molecule has 0 aromatic carbocycles. The Morgan fingerprint density at radius 2 is 1.42 bits per heavy atom. The van der Waals surface area contributed by atoms with Crippen LogP contribution < -0.4 is 4.57 Å². The Bertz CT molecular complexity index is 561. The van der Waals surface area contributed by atoms with Crippen LogP contribution in [0, 0.1) is 5.92 Å². The van der Waals surface area contributed by atoms with Crippen LogP contribution in [-0.4, -0.2) is 34.9 Å². The minimum atomic E-state index is -6.93. The molecule has 1 aromatic rings. The van der Waals surface area contributed by atoms with Crippen molar-refractivity contribution in [2.45, 2.75) is 36.9 Å². The van der Waals surface area contributed by atoms with Gasteiger partial charge in [0, 0.05) is 0 Å². The number of hydrogen-bond acceptors (Lipinski definition) is 0. The van der Waals surface area contributed by atoms with Gasteiger partial charge in [-0.25, -0.2) is 17.9 Å². The van der Waals surface area contributed by atoms with E-state index in [1.165, 1.54) is 7.05 Å². The quantitative estimate of drug-likeness (QED) is 0.527. The fourth-order valence-corrected chi connectivity index (χ4v) is 1.82. The fraction of sp³-hybridized carbons (Fsp3) is 0.727. The van der Waals surface area contributed by atoms with Gasteiger partial charge in [0.15, 0.2) is 5.92 Å². The maximum Gasteiger partial charge on any atom is 0.401 e. The second-order valence-electron chi connectivity index (χ2n) is 4.99. The Morgan fingerprint density at radius 1 is 0.917 bits per heavy atom. The van der Waals surface area contributed by atoms with Crippen LogP contribution in [0.4, 0.5) is 48.3 Å². The molecule has 13 heteroatoms. The number of aryl methyl sites for hydroxylation is 1. The maximum absolute atomic E-state index is 13.6. The van der Waals surface area contributed by atoms with E-state index < -0.39 is 42.8 Å². The van der Waals surface area contributed by atoms with Gasteiger partial charge < -0.3 is 0 Å². The summed E-state index contributed by atoms with van der Waals surface area (Å²) in [6, 6.07) is 0. The molecule has 1 unspecified atom stereocenters. The summed E-state index contributed by atoms with van der Waals surface area (Å²) in [7, 11) is 1.26.